The maximum atomic E-state index is 13.1. The Labute approximate surface area is 189 Å². The van der Waals surface area contributed by atoms with Crippen molar-refractivity contribution in [2.45, 2.75) is 13.3 Å². The lowest BCUT2D eigenvalue weighted by molar-refractivity contribution is -0.114. The lowest BCUT2D eigenvalue weighted by atomic mass is 10.2. The Hall–Kier alpha value is -1.77. The van der Waals surface area contributed by atoms with Gasteiger partial charge in [0.1, 0.15) is 0 Å². The Morgan fingerprint density at radius 2 is 2.20 bits per heavy atom. The average molecular weight is 462 g/mol. The van der Waals surface area contributed by atoms with Crippen LogP contribution < -0.4 is 4.90 Å². The second kappa shape index (κ2) is 10.0. The van der Waals surface area contributed by atoms with Crippen molar-refractivity contribution < 1.29 is 9.53 Å². The summed E-state index contributed by atoms with van der Waals surface area (Å²) in [4.78, 5) is 23.1. The van der Waals surface area contributed by atoms with Crippen molar-refractivity contribution in [3.63, 3.8) is 0 Å². The average Bonchev–Trinajstić information content (AvgIpc) is 3.40. The summed E-state index contributed by atoms with van der Waals surface area (Å²) in [5.41, 5.74) is 1.93. The predicted octanol–water partition coefficient (Wildman–Crippen LogP) is 5.09. The van der Waals surface area contributed by atoms with Gasteiger partial charge in [-0.2, -0.15) is 0 Å². The third-order valence-electron chi connectivity index (χ3n) is 5.03. The zero-order valence-electron chi connectivity index (χ0n) is 16.8. The number of thiophene rings is 1. The molecule has 5 nitrogen and oxygen atoms in total. The molecule has 158 valence electrons. The molecule has 0 atom stereocenters. The SMILES string of the molecule is Cc1cc(Cl)cc2sc(N(CCCN3CCOCC3)C(=O)/C=C/c3cccs3)nc12. The molecule has 0 aliphatic carbocycles. The van der Waals surface area contributed by atoms with E-state index in [-0.39, 0.29) is 5.91 Å². The first kappa shape index (κ1) is 21.5. The number of aryl methyl sites for hydroxylation is 1. The highest BCUT2D eigenvalue weighted by molar-refractivity contribution is 7.22. The van der Waals surface area contributed by atoms with Gasteiger partial charge in [0.15, 0.2) is 5.13 Å². The van der Waals surface area contributed by atoms with Crippen LogP contribution in [0.5, 0.6) is 0 Å². The molecule has 0 saturated carbocycles. The molecule has 0 bridgehead atoms. The van der Waals surface area contributed by atoms with Crippen LogP contribution >= 0.6 is 34.3 Å². The Bertz CT molecular complexity index is 1030. The van der Waals surface area contributed by atoms with Crippen LogP contribution in [0.1, 0.15) is 16.9 Å². The normalized spacial score (nSPS) is 15.3. The van der Waals surface area contributed by atoms with Gasteiger partial charge in [0.2, 0.25) is 0 Å². The Balaban J connectivity index is 1.54. The lowest BCUT2D eigenvalue weighted by Gasteiger charge is -2.27. The van der Waals surface area contributed by atoms with Crippen molar-refractivity contribution in [3.05, 3.63) is 51.2 Å². The zero-order chi connectivity index (χ0) is 20.9. The van der Waals surface area contributed by atoms with E-state index in [0.717, 1.165) is 65.1 Å². The van der Waals surface area contributed by atoms with Gasteiger partial charge in [0.25, 0.3) is 5.91 Å². The number of anilines is 1. The molecule has 3 heterocycles. The smallest absolute Gasteiger partial charge is 0.252 e. The van der Waals surface area contributed by atoms with Crippen molar-refractivity contribution in [3.8, 4) is 0 Å². The maximum absolute atomic E-state index is 13.1. The molecule has 3 aromatic rings. The van der Waals surface area contributed by atoms with E-state index in [1.807, 2.05) is 42.6 Å². The number of aromatic nitrogens is 1. The molecule has 1 fully saturated rings. The van der Waals surface area contributed by atoms with Crippen LogP contribution in [0, 0.1) is 6.92 Å². The number of rotatable bonds is 7. The number of hydrogen-bond donors (Lipinski definition) is 0. The Morgan fingerprint density at radius 1 is 1.37 bits per heavy atom. The van der Waals surface area contributed by atoms with E-state index in [1.165, 1.54) is 11.3 Å². The number of carbonyl (C=O) groups is 1. The van der Waals surface area contributed by atoms with E-state index in [0.29, 0.717) is 11.6 Å². The van der Waals surface area contributed by atoms with Gasteiger partial charge in [-0.05, 0) is 48.6 Å². The summed E-state index contributed by atoms with van der Waals surface area (Å²) in [6.45, 7) is 7.03. The molecule has 1 aliphatic rings. The van der Waals surface area contributed by atoms with Crippen LogP contribution in [0.25, 0.3) is 16.3 Å². The fourth-order valence-corrected chi connectivity index (χ4v) is 5.53. The van der Waals surface area contributed by atoms with Crippen LogP contribution in [0.15, 0.2) is 35.7 Å². The highest BCUT2D eigenvalue weighted by Gasteiger charge is 2.19. The summed E-state index contributed by atoms with van der Waals surface area (Å²) in [6, 6.07) is 7.81. The minimum atomic E-state index is -0.0480. The van der Waals surface area contributed by atoms with Gasteiger partial charge in [-0.25, -0.2) is 4.98 Å². The number of thiazole rings is 1. The summed E-state index contributed by atoms with van der Waals surface area (Å²) in [5, 5.41) is 3.42. The molecule has 1 amide bonds. The van der Waals surface area contributed by atoms with Gasteiger partial charge in [0, 0.05) is 42.2 Å². The van der Waals surface area contributed by atoms with E-state index < -0.39 is 0 Å². The molecule has 30 heavy (non-hydrogen) atoms. The molecular formula is C22H24ClN3O2S2. The van der Waals surface area contributed by atoms with Gasteiger partial charge in [-0.15, -0.1) is 11.3 Å². The van der Waals surface area contributed by atoms with Gasteiger partial charge >= 0.3 is 0 Å². The molecular weight excluding hydrogens is 438 g/mol. The first-order chi connectivity index (χ1) is 14.6. The van der Waals surface area contributed by atoms with E-state index in [2.05, 4.69) is 4.90 Å². The summed E-state index contributed by atoms with van der Waals surface area (Å²) in [7, 11) is 0. The Morgan fingerprint density at radius 3 is 2.97 bits per heavy atom. The molecule has 8 heteroatoms. The number of ether oxygens (including phenoxy) is 1. The quantitative estimate of drug-likeness (QED) is 0.460. The van der Waals surface area contributed by atoms with Crippen molar-refractivity contribution in [1.82, 2.24) is 9.88 Å². The fourth-order valence-electron chi connectivity index (χ4n) is 3.46. The number of hydrogen-bond acceptors (Lipinski definition) is 6. The maximum Gasteiger partial charge on any atom is 0.252 e. The number of carbonyl (C=O) groups excluding carboxylic acids is 1. The van der Waals surface area contributed by atoms with Crippen LogP contribution in [0.4, 0.5) is 5.13 Å². The fraction of sp³-hybridized carbons (Fsp3) is 0.364. The minimum Gasteiger partial charge on any atom is -0.379 e. The summed E-state index contributed by atoms with van der Waals surface area (Å²) in [5.74, 6) is -0.0480. The van der Waals surface area contributed by atoms with Gasteiger partial charge in [-0.3, -0.25) is 14.6 Å². The van der Waals surface area contributed by atoms with Crippen LogP contribution in [-0.2, 0) is 9.53 Å². The molecule has 0 N–H and O–H groups in total. The Kier molecular flexibility index (Phi) is 7.17. The number of amides is 1. The van der Waals surface area contributed by atoms with Crippen LogP contribution in [0.2, 0.25) is 5.02 Å². The molecule has 4 rings (SSSR count). The minimum absolute atomic E-state index is 0.0480. The van der Waals surface area contributed by atoms with Crippen molar-refractivity contribution in [2.75, 3.05) is 44.3 Å². The third-order valence-corrected chi connectivity index (χ3v) is 7.11. The molecule has 1 saturated heterocycles. The second-order valence-corrected chi connectivity index (χ2v) is 9.64. The molecule has 1 aromatic carbocycles. The molecule has 0 spiro atoms. The van der Waals surface area contributed by atoms with Crippen LogP contribution in [-0.4, -0.2) is 55.2 Å². The monoisotopic (exact) mass is 461 g/mol. The largest absolute Gasteiger partial charge is 0.379 e. The van der Waals surface area contributed by atoms with E-state index in [9.17, 15) is 4.79 Å². The highest BCUT2D eigenvalue weighted by Crippen LogP contribution is 2.33. The summed E-state index contributed by atoms with van der Waals surface area (Å²) in [6.07, 6.45) is 4.40. The zero-order valence-corrected chi connectivity index (χ0v) is 19.2. The lowest BCUT2D eigenvalue weighted by Crippen LogP contribution is -2.39. The molecule has 0 radical (unpaired) electrons. The standard InChI is InChI=1S/C22H24ClN3O2S2/c1-16-14-17(23)15-19-21(16)24-22(30-19)26(8-3-7-25-9-11-28-12-10-25)20(27)6-5-18-4-2-13-29-18/h2,4-6,13-15H,3,7-12H2,1H3/b6-5+. The van der Waals surface area contributed by atoms with E-state index in [1.54, 1.807) is 22.3 Å². The summed E-state index contributed by atoms with van der Waals surface area (Å²) >= 11 is 9.35. The van der Waals surface area contributed by atoms with Crippen LogP contribution in [0.3, 0.4) is 0 Å². The number of benzene rings is 1. The number of nitrogens with zero attached hydrogens (tertiary/aromatic N) is 3. The van der Waals surface area contributed by atoms with Gasteiger partial charge < -0.3 is 4.74 Å². The number of halogens is 1. The number of morpholine rings is 1. The van der Waals surface area contributed by atoms with E-state index >= 15 is 0 Å². The first-order valence-electron chi connectivity index (χ1n) is 10.00. The van der Waals surface area contributed by atoms with Crippen molar-refractivity contribution in [2.24, 2.45) is 0 Å². The van der Waals surface area contributed by atoms with Gasteiger partial charge in [-0.1, -0.05) is 29.0 Å². The molecule has 0 unspecified atom stereocenters. The topological polar surface area (TPSA) is 45.7 Å². The predicted molar refractivity (Wildman–Crippen MR) is 127 cm³/mol. The third kappa shape index (κ3) is 5.28. The second-order valence-electron chi connectivity index (χ2n) is 7.21. The van der Waals surface area contributed by atoms with Crippen molar-refractivity contribution >= 4 is 61.6 Å². The highest BCUT2D eigenvalue weighted by atomic mass is 35.5. The van der Waals surface area contributed by atoms with Crippen molar-refractivity contribution in [1.29, 1.82) is 0 Å². The first-order valence-corrected chi connectivity index (χ1v) is 12.1. The molecule has 1 aliphatic heterocycles. The number of fused-ring (bicyclic) bond motifs is 1. The molecule has 2 aromatic heterocycles. The summed E-state index contributed by atoms with van der Waals surface area (Å²) < 4.78 is 6.43. The van der Waals surface area contributed by atoms with E-state index in [4.69, 9.17) is 21.3 Å². The van der Waals surface area contributed by atoms with Gasteiger partial charge in [0.05, 0.1) is 23.4 Å².